The molecular formula is C14H17Cl. The Kier molecular flexibility index (Phi) is 2.48. The van der Waals surface area contributed by atoms with Gasteiger partial charge in [0.2, 0.25) is 0 Å². The van der Waals surface area contributed by atoms with Gasteiger partial charge in [0.25, 0.3) is 0 Å². The standard InChI is InChI=1S/C14H17Cl/c15-14-7-3-6-12-8-10-4-1-2-5-11(10)9-13(12)14/h1-3,7,10-12H,4-6,8-9H2. The van der Waals surface area contributed by atoms with Gasteiger partial charge in [0.05, 0.1) is 0 Å². The highest BCUT2D eigenvalue weighted by molar-refractivity contribution is 6.31. The Morgan fingerprint density at radius 1 is 1.00 bits per heavy atom. The number of rotatable bonds is 0. The Hall–Kier alpha value is -0.490. The van der Waals surface area contributed by atoms with Crippen LogP contribution in [0.2, 0.25) is 0 Å². The van der Waals surface area contributed by atoms with Crippen LogP contribution in [0.5, 0.6) is 0 Å². The van der Waals surface area contributed by atoms with Crippen molar-refractivity contribution in [2.75, 3.05) is 0 Å². The van der Waals surface area contributed by atoms with E-state index in [1.807, 2.05) is 0 Å². The normalized spacial score (nSPS) is 38.9. The lowest BCUT2D eigenvalue weighted by atomic mass is 9.65. The summed E-state index contributed by atoms with van der Waals surface area (Å²) in [5, 5.41) is 1.04. The predicted molar refractivity (Wildman–Crippen MR) is 64.7 cm³/mol. The summed E-state index contributed by atoms with van der Waals surface area (Å²) >= 11 is 6.30. The van der Waals surface area contributed by atoms with E-state index in [1.54, 1.807) is 5.57 Å². The van der Waals surface area contributed by atoms with E-state index in [9.17, 15) is 0 Å². The molecule has 3 atom stereocenters. The lowest BCUT2D eigenvalue weighted by Crippen LogP contribution is -2.28. The first-order valence-corrected chi connectivity index (χ1v) is 6.42. The molecule has 1 saturated carbocycles. The maximum absolute atomic E-state index is 6.30. The second-order valence-corrected chi connectivity index (χ2v) is 5.52. The van der Waals surface area contributed by atoms with E-state index in [-0.39, 0.29) is 0 Å². The van der Waals surface area contributed by atoms with Gasteiger partial charge in [-0.2, -0.15) is 0 Å². The molecule has 3 aliphatic rings. The molecule has 0 N–H and O–H groups in total. The quantitative estimate of drug-likeness (QED) is 0.530. The Morgan fingerprint density at radius 2 is 1.80 bits per heavy atom. The number of allylic oxidation sites excluding steroid dienone is 6. The van der Waals surface area contributed by atoms with E-state index in [0.29, 0.717) is 0 Å². The van der Waals surface area contributed by atoms with Gasteiger partial charge in [-0.1, -0.05) is 29.8 Å². The molecule has 0 aliphatic heterocycles. The van der Waals surface area contributed by atoms with Crippen LogP contribution in [0, 0.1) is 17.8 Å². The Labute approximate surface area is 96.7 Å². The number of halogens is 1. The molecule has 0 spiro atoms. The number of fused-ring (bicyclic) bond motifs is 2. The molecule has 1 heteroatoms. The van der Waals surface area contributed by atoms with E-state index < -0.39 is 0 Å². The molecule has 80 valence electrons. The molecule has 0 aromatic carbocycles. The van der Waals surface area contributed by atoms with Gasteiger partial charge < -0.3 is 0 Å². The van der Waals surface area contributed by atoms with Crippen LogP contribution in [0.4, 0.5) is 0 Å². The maximum atomic E-state index is 6.30. The monoisotopic (exact) mass is 220 g/mol. The fourth-order valence-corrected chi connectivity index (χ4v) is 3.72. The van der Waals surface area contributed by atoms with Crippen molar-refractivity contribution < 1.29 is 0 Å². The zero-order valence-electron chi connectivity index (χ0n) is 8.95. The second kappa shape index (κ2) is 3.83. The van der Waals surface area contributed by atoms with Gasteiger partial charge in [0.1, 0.15) is 0 Å². The van der Waals surface area contributed by atoms with E-state index in [1.165, 1.54) is 32.1 Å². The van der Waals surface area contributed by atoms with Gasteiger partial charge in [-0.15, -0.1) is 0 Å². The fourth-order valence-electron chi connectivity index (χ4n) is 3.40. The molecule has 0 aromatic heterocycles. The van der Waals surface area contributed by atoms with Gasteiger partial charge in [0.15, 0.2) is 0 Å². The highest BCUT2D eigenvalue weighted by atomic mass is 35.5. The van der Waals surface area contributed by atoms with Crippen molar-refractivity contribution in [3.63, 3.8) is 0 Å². The fraction of sp³-hybridized carbons (Fsp3) is 0.571. The van der Waals surface area contributed by atoms with Crippen LogP contribution >= 0.6 is 11.6 Å². The minimum absolute atomic E-state index is 0.759. The zero-order chi connectivity index (χ0) is 10.3. The molecular weight excluding hydrogens is 204 g/mol. The first kappa shape index (κ1) is 9.72. The molecule has 1 fully saturated rings. The molecule has 0 amide bonds. The third kappa shape index (κ3) is 1.69. The van der Waals surface area contributed by atoms with Crippen molar-refractivity contribution in [3.05, 3.63) is 34.9 Å². The third-order valence-corrected chi connectivity index (χ3v) is 4.63. The van der Waals surface area contributed by atoms with Crippen molar-refractivity contribution >= 4 is 11.6 Å². The van der Waals surface area contributed by atoms with E-state index in [2.05, 4.69) is 24.3 Å². The number of hydrogen-bond acceptors (Lipinski definition) is 0. The van der Waals surface area contributed by atoms with Gasteiger partial charge >= 0.3 is 0 Å². The minimum atomic E-state index is 0.759. The minimum Gasteiger partial charge on any atom is -0.0882 e. The van der Waals surface area contributed by atoms with Crippen molar-refractivity contribution in [3.8, 4) is 0 Å². The van der Waals surface area contributed by atoms with Crippen LogP contribution in [0.3, 0.4) is 0 Å². The van der Waals surface area contributed by atoms with Crippen LogP contribution in [0.1, 0.15) is 32.1 Å². The maximum Gasteiger partial charge on any atom is 0.0397 e. The Bertz CT molecular complexity index is 348. The Morgan fingerprint density at radius 3 is 2.67 bits per heavy atom. The van der Waals surface area contributed by atoms with E-state index in [4.69, 9.17) is 11.6 Å². The lowest BCUT2D eigenvalue weighted by molar-refractivity contribution is 0.224. The molecule has 0 bridgehead atoms. The SMILES string of the molecule is ClC1=C2CC3CC=CCC3CC2CC=C1. The summed E-state index contributed by atoms with van der Waals surface area (Å²) in [6.45, 7) is 0. The smallest absolute Gasteiger partial charge is 0.0397 e. The summed E-state index contributed by atoms with van der Waals surface area (Å²) in [7, 11) is 0. The van der Waals surface area contributed by atoms with Crippen LogP contribution in [-0.2, 0) is 0 Å². The summed E-state index contributed by atoms with van der Waals surface area (Å²) in [4.78, 5) is 0. The molecule has 3 rings (SSSR count). The topological polar surface area (TPSA) is 0 Å². The molecule has 0 saturated heterocycles. The average Bonchev–Trinajstić information content (AvgIpc) is 2.27. The zero-order valence-corrected chi connectivity index (χ0v) is 9.71. The van der Waals surface area contributed by atoms with Gasteiger partial charge in [-0.3, -0.25) is 0 Å². The van der Waals surface area contributed by atoms with Crippen molar-refractivity contribution in [2.45, 2.75) is 32.1 Å². The van der Waals surface area contributed by atoms with Gasteiger partial charge in [0, 0.05) is 5.03 Å². The molecule has 0 aromatic rings. The van der Waals surface area contributed by atoms with Crippen LogP contribution in [-0.4, -0.2) is 0 Å². The molecule has 3 aliphatic carbocycles. The summed E-state index contributed by atoms with van der Waals surface area (Å²) in [6.07, 6.45) is 15.5. The van der Waals surface area contributed by atoms with Crippen LogP contribution in [0.15, 0.2) is 34.9 Å². The van der Waals surface area contributed by atoms with Crippen molar-refractivity contribution in [1.29, 1.82) is 0 Å². The van der Waals surface area contributed by atoms with Crippen molar-refractivity contribution in [1.82, 2.24) is 0 Å². The summed E-state index contributed by atoms with van der Waals surface area (Å²) in [6, 6.07) is 0. The average molecular weight is 221 g/mol. The first-order chi connectivity index (χ1) is 7.34. The van der Waals surface area contributed by atoms with E-state index >= 15 is 0 Å². The Balaban J connectivity index is 1.87. The molecule has 0 heterocycles. The first-order valence-electron chi connectivity index (χ1n) is 6.04. The number of hydrogen-bond donors (Lipinski definition) is 0. The second-order valence-electron chi connectivity index (χ2n) is 5.11. The van der Waals surface area contributed by atoms with Crippen LogP contribution < -0.4 is 0 Å². The third-order valence-electron chi connectivity index (χ3n) is 4.26. The van der Waals surface area contributed by atoms with E-state index in [0.717, 1.165) is 22.8 Å². The molecule has 0 nitrogen and oxygen atoms in total. The van der Waals surface area contributed by atoms with Crippen molar-refractivity contribution in [2.24, 2.45) is 17.8 Å². The van der Waals surface area contributed by atoms with Gasteiger partial charge in [-0.05, 0) is 61.5 Å². The summed E-state index contributed by atoms with van der Waals surface area (Å²) < 4.78 is 0. The van der Waals surface area contributed by atoms with Crippen LogP contribution in [0.25, 0.3) is 0 Å². The molecule has 15 heavy (non-hydrogen) atoms. The lowest BCUT2D eigenvalue weighted by Gasteiger charge is -2.40. The molecule has 3 unspecified atom stereocenters. The molecule has 0 radical (unpaired) electrons. The van der Waals surface area contributed by atoms with Gasteiger partial charge in [-0.25, -0.2) is 0 Å². The largest absolute Gasteiger partial charge is 0.0882 e. The highest BCUT2D eigenvalue weighted by Gasteiger charge is 2.34. The summed E-state index contributed by atoms with van der Waals surface area (Å²) in [5.74, 6) is 2.57. The highest BCUT2D eigenvalue weighted by Crippen LogP contribution is 2.47. The summed E-state index contributed by atoms with van der Waals surface area (Å²) in [5.41, 5.74) is 1.55. The predicted octanol–water partition coefficient (Wildman–Crippen LogP) is 4.43.